The van der Waals surface area contributed by atoms with Crippen LogP contribution in [0, 0.1) is 0 Å². The SMILES string of the molecule is NCCCCCN1CCN(CCCCCCO)CC1. The van der Waals surface area contributed by atoms with Crippen LogP contribution in [0.2, 0.25) is 0 Å². The van der Waals surface area contributed by atoms with Crippen molar-refractivity contribution in [2.45, 2.75) is 44.9 Å². The van der Waals surface area contributed by atoms with Gasteiger partial charge in [0, 0.05) is 32.8 Å². The molecule has 1 fully saturated rings. The molecule has 0 radical (unpaired) electrons. The molecule has 0 saturated carbocycles. The van der Waals surface area contributed by atoms with Crippen LogP contribution in [0.15, 0.2) is 0 Å². The van der Waals surface area contributed by atoms with E-state index in [1.165, 1.54) is 77.8 Å². The lowest BCUT2D eigenvalue weighted by Gasteiger charge is -2.34. The van der Waals surface area contributed by atoms with E-state index in [9.17, 15) is 0 Å². The quantitative estimate of drug-likeness (QED) is 0.556. The Morgan fingerprint density at radius 3 is 1.63 bits per heavy atom. The summed E-state index contributed by atoms with van der Waals surface area (Å²) < 4.78 is 0. The van der Waals surface area contributed by atoms with E-state index in [0.717, 1.165) is 13.0 Å². The lowest BCUT2D eigenvalue weighted by atomic mass is 10.2. The fourth-order valence-corrected chi connectivity index (χ4v) is 2.69. The molecule has 0 aromatic heterocycles. The fourth-order valence-electron chi connectivity index (χ4n) is 2.69. The summed E-state index contributed by atoms with van der Waals surface area (Å²) in [5, 5.41) is 8.73. The second kappa shape index (κ2) is 11.6. The van der Waals surface area contributed by atoms with Crippen LogP contribution in [0.4, 0.5) is 0 Å². The number of unbranched alkanes of at least 4 members (excludes halogenated alkanes) is 5. The van der Waals surface area contributed by atoms with Gasteiger partial charge in [-0.2, -0.15) is 0 Å². The zero-order valence-electron chi connectivity index (χ0n) is 12.5. The van der Waals surface area contributed by atoms with Crippen LogP contribution >= 0.6 is 0 Å². The van der Waals surface area contributed by atoms with E-state index in [2.05, 4.69) is 9.80 Å². The van der Waals surface area contributed by atoms with E-state index in [-0.39, 0.29) is 0 Å². The van der Waals surface area contributed by atoms with Gasteiger partial charge < -0.3 is 20.6 Å². The Balaban J connectivity index is 1.93. The average molecular weight is 271 g/mol. The highest BCUT2D eigenvalue weighted by atomic mass is 16.2. The highest BCUT2D eigenvalue weighted by Gasteiger charge is 2.15. The molecule has 0 spiro atoms. The Morgan fingerprint density at radius 2 is 1.16 bits per heavy atom. The minimum absolute atomic E-state index is 0.350. The van der Waals surface area contributed by atoms with Gasteiger partial charge in [-0.05, 0) is 45.3 Å². The van der Waals surface area contributed by atoms with Crippen molar-refractivity contribution in [2.24, 2.45) is 5.73 Å². The molecule has 0 amide bonds. The molecule has 0 unspecified atom stereocenters. The van der Waals surface area contributed by atoms with Crippen molar-refractivity contribution in [1.29, 1.82) is 0 Å². The second-order valence-corrected chi connectivity index (χ2v) is 5.67. The molecule has 0 bridgehead atoms. The molecule has 1 aliphatic heterocycles. The number of aliphatic hydroxyl groups is 1. The summed E-state index contributed by atoms with van der Waals surface area (Å²) in [5.41, 5.74) is 5.51. The maximum atomic E-state index is 8.73. The maximum absolute atomic E-state index is 8.73. The Kier molecular flexibility index (Phi) is 10.4. The van der Waals surface area contributed by atoms with Crippen molar-refractivity contribution >= 4 is 0 Å². The van der Waals surface area contributed by atoms with Gasteiger partial charge in [0.1, 0.15) is 0 Å². The van der Waals surface area contributed by atoms with Gasteiger partial charge in [-0.25, -0.2) is 0 Å². The van der Waals surface area contributed by atoms with Crippen molar-refractivity contribution in [3.05, 3.63) is 0 Å². The van der Waals surface area contributed by atoms with Gasteiger partial charge in [-0.3, -0.25) is 0 Å². The van der Waals surface area contributed by atoms with Gasteiger partial charge in [0.25, 0.3) is 0 Å². The lowest BCUT2D eigenvalue weighted by molar-refractivity contribution is 0.129. The van der Waals surface area contributed by atoms with Gasteiger partial charge in [-0.15, -0.1) is 0 Å². The number of hydrogen-bond acceptors (Lipinski definition) is 4. The zero-order valence-corrected chi connectivity index (χ0v) is 12.5. The Morgan fingerprint density at radius 1 is 0.684 bits per heavy atom. The first-order valence-electron chi connectivity index (χ1n) is 8.12. The van der Waals surface area contributed by atoms with Crippen LogP contribution in [-0.4, -0.2) is 67.3 Å². The van der Waals surface area contributed by atoms with E-state index in [1.807, 2.05) is 0 Å². The fraction of sp³-hybridized carbons (Fsp3) is 1.00. The Bertz CT molecular complexity index is 194. The molecule has 4 heteroatoms. The molecule has 4 nitrogen and oxygen atoms in total. The van der Waals surface area contributed by atoms with Crippen molar-refractivity contribution in [3.8, 4) is 0 Å². The first-order chi connectivity index (χ1) is 9.36. The molecule has 19 heavy (non-hydrogen) atoms. The monoisotopic (exact) mass is 271 g/mol. The molecule has 0 aromatic carbocycles. The third-order valence-electron chi connectivity index (χ3n) is 4.03. The van der Waals surface area contributed by atoms with Crippen LogP contribution in [0.3, 0.4) is 0 Å². The highest BCUT2D eigenvalue weighted by molar-refractivity contribution is 4.71. The molecular formula is C15H33N3O. The standard InChI is InChI=1S/C15H33N3O/c16-8-4-3-6-10-18-13-11-17(12-14-18)9-5-1-2-7-15-19/h19H,1-16H2. The third kappa shape index (κ3) is 8.58. The first kappa shape index (κ1) is 16.9. The summed E-state index contributed by atoms with van der Waals surface area (Å²) in [7, 11) is 0. The van der Waals surface area contributed by atoms with Crippen LogP contribution in [0.25, 0.3) is 0 Å². The number of hydrogen-bond donors (Lipinski definition) is 2. The van der Waals surface area contributed by atoms with Crippen molar-refractivity contribution in [1.82, 2.24) is 9.80 Å². The molecular weight excluding hydrogens is 238 g/mol. The van der Waals surface area contributed by atoms with Crippen molar-refractivity contribution in [3.63, 3.8) is 0 Å². The number of nitrogens with zero attached hydrogens (tertiary/aromatic N) is 2. The summed E-state index contributed by atoms with van der Waals surface area (Å²) in [6.07, 6.45) is 8.46. The molecule has 3 N–H and O–H groups in total. The number of aliphatic hydroxyl groups excluding tert-OH is 1. The number of rotatable bonds is 11. The molecule has 1 saturated heterocycles. The van der Waals surface area contributed by atoms with Gasteiger partial charge in [0.2, 0.25) is 0 Å². The van der Waals surface area contributed by atoms with E-state index in [0.29, 0.717) is 6.61 Å². The minimum atomic E-state index is 0.350. The molecule has 1 rings (SSSR count). The molecule has 1 aliphatic rings. The smallest absolute Gasteiger partial charge is 0.0431 e. The third-order valence-corrected chi connectivity index (χ3v) is 4.03. The van der Waals surface area contributed by atoms with Crippen LogP contribution < -0.4 is 5.73 Å². The van der Waals surface area contributed by atoms with E-state index >= 15 is 0 Å². The maximum Gasteiger partial charge on any atom is 0.0431 e. The molecule has 1 heterocycles. The van der Waals surface area contributed by atoms with Crippen molar-refractivity contribution < 1.29 is 5.11 Å². The topological polar surface area (TPSA) is 52.7 Å². The first-order valence-corrected chi connectivity index (χ1v) is 8.12. The second-order valence-electron chi connectivity index (χ2n) is 5.67. The number of nitrogens with two attached hydrogens (primary N) is 1. The predicted octanol–water partition coefficient (Wildman–Crippen LogP) is 1.29. The lowest BCUT2D eigenvalue weighted by Crippen LogP contribution is -2.46. The molecule has 0 atom stereocenters. The van der Waals surface area contributed by atoms with E-state index in [1.54, 1.807) is 0 Å². The van der Waals surface area contributed by atoms with E-state index in [4.69, 9.17) is 10.8 Å². The van der Waals surface area contributed by atoms with Gasteiger partial charge in [-0.1, -0.05) is 19.3 Å². The molecule has 0 aliphatic carbocycles. The van der Waals surface area contributed by atoms with Crippen LogP contribution in [0.1, 0.15) is 44.9 Å². The Hall–Kier alpha value is -0.160. The van der Waals surface area contributed by atoms with Crippen molar-refractivity contribution in [2.75, 3.05) is 52.4 Å². The largest absolute Gasteiger partial charge is 0.396 e. The van der Waals surface area contributed by atoms with Crippen LogP contribution in [-0.2, 0) is 0 Å². The van der Waals surface area contributed by atoms with E-state index < -0.39 is 0 Å². The summed E-state index contributed by atoms with van der Waals surface area (Å²) in [5.74, 6) is 0. The zero-order chi connectivity index (χ0) is 13.8. The summed E-state index contributed by atoms with van der Waals surface area (Å²) >= 11 is 0. The average Bonchev–Trinajstić information content (AvgIpc) is 2.45. The minimum Gasteiger partial charge on any atom is -0.396 e. The summed E-state index contributed by atoms with van der Waals surface area (Å²) in [6.45, 7) is 8.62. The van der Waals surface area contributed by atoms with Crippen LogP contribution in [0.5, 0.6) is 0 Å². The summed E-state index contributed by atoms with van der Waals surface area (Å²) in [4.78, 5) is 5.19. The molecule has 0 aromatic rings. The normalized spacial score (nSPS) is 18.0. The highest BCUT2D eigenvalue weighted by Crippen LogP contribution is 2.07. The molecule has 114 valence electrons. The Labute approximate surface area is 118 Å². The van der Waals surface area contributed by atoms with Gasteiger partial charge in [0.15, 0.2) is 0 Å². The number of piperazine rings is 1. The summed E-state index contributed by atoms with van der Waals surface area (Å²) in [6, 6.07) is 0. The predicted molar refractivity (Wildman–Crippen MR) is 81.3 cm³/mol. The van der Waals surface area contributed by atoms with Gasteiger partial charge in [0.05, 0.1) is 0 Å². The van der Waals surface area contributed by atoms with Gasteiger partial charge >= 0.3 is 0 Å².